The summed E-state index contributed by atoms with van der Waals surface area (Å²) in [6.07, 6.45) is 2.38. The summed E-state index contributed by atoms with van der Waals surface area (Å²) in [5, 5.41) is 0. The van der Waals surface area contributed by atoms with Crippen LogP contribution in [0, 0.1) is 47.5 Å². The Bertz CT molecular complexity index is 1060. The summed E-state index contributed by atoms with van der Waals surface area (Å²) < 4.78 is 3.79. The average molecular weight is 607 g/mol. The van der Waals surface area contributed by atoms with Crippen LogP contribution < -0.4 is 10.9 Å². The summed E-state index contributed by atoms with van der Waals surface area (Å²) in [5.74, 6) is 0.796. The number of halogens is 3. The van der Waals surface area contributed by atoms with Crippen molar-refractivity contribution in [2.24, 2.45) is 5.92 Å². The van der Waals surface area contributed by atoms with Gasteiger partial charge in [0, 0.05) is 13.4 Å². The molecule has 3 rings (SSSR count). The van der Waals surface area contributed by atoms with E-state index in [-0.39, 0.29) is 6.71 Å². The molecule has 0 saturated heterocycles. The lowest BCUT2D eigenvalue weighted by molar-refractivity contribution is 0.681. The summed E-state index contributed by atoms with van der Waals surface area (Å²) in [4.78, 5) is 0. The smallest absolute Gasteiger partial charge is 0.0758 e. The van der Waals surface area contributed by atoms with Gasteiger partial charge in [0.15, 0.2) is 0 Å². The summed E-state index contributed by atoms with van der Waals surface area (Å²) in [5.41, 5.74) is 13.8. The average Bonchev–Trinajstić information content (AvgIpc) is 2.68. The Labute approximate surface area is 214 Å². The van der Waals surface area contributed by atoms with Gasteiger partial charge in [0.25, 0.3) is 0 Å². The Kier molecular flexibility index (Phi) is 7.56. The van der Waals surface area contributed by atoms with Crippen LogP contribution >= 0.6 is 47.8 Å². The molecule has 0 amide bonds. The van der Waals surface area contributed by atoms with E-state index in [2.05, 4.69) is 128 Å². The highest BCUT2D eigenvalue weighted by molar-refractivity contribution is 9.11. The summed E-state index contributed by atoms with van der Waals surface area (Å²) in [6, 6.07) is 4.69. The first-order valence-corrected chi connectivity index (χ1v) is 13.3. The SMILES string of the molecule is CC1=CC(C)=C(Br)C(C)C1B(c1c(C)cc(C)c(Br)c1C)c1c(C)cc(C)c(Br)c1C. The molecule has 0 N–H and O–H groups in total. The molecule has 164 valence electrons. The fourth-order valence-corrected chi connectivity index (χ4v) is 6.84. The van der Waals surface area contributed by atoms with Crippen LogP contribution in [-0.4, -0.2) is 6.71 Å². The van der Waals surface area contributed by atoms with Gasteiger partial charge >= 0.3 is 0 Å². The Morgan fingerprint density at radius 1 is 0.677 bits per heavy atom. The minimum Gasteiger partial charge on any atom is -0.0758 e. The lowest BCUT2D eigenvalue weighted by atomic mass is 9.28. The number of allylic oxidation sites excluding steroid dienone is 4. The van der Waals surface area contributed by atoms with Crippen molar-refractivity contribution in [2.75, 3.05) is 0 Å². The Balaban J connectivity index is 2.43. The number of benzene rings is 2. The molecule has 0 saturated carbocycles. The first-order valence-electron chi connectivity index (χ1n) is 10.9. The highest BCUT2D eigenvalue weighted by Gasteiger charge is 2.40. The van der Waals surface area contributed by atoms with Gasteiger partial charge in [-0.15, -0.1) is 0 Å². The second kappa shape index (κ2) is 9.35. The van der Waals surface area contributed by atoms with Gasteiger partial charge in [-0.05, 0) is 95.0 Å². The molecule has 0 nitrogen and oxygen atoms in total. The van der Waals surface area contributed by atoms with E-state index in [9.17, 15) is 0 Å². The number of hydrogen-bond acceptors (Lipinski definition) is 0. The fraction of sp³-hybridized carbons (Fsp3) is 0.407. The molecule has 2 aromatic rings. The van der Waals surface area contributed by atoms with E-state index < -0.39 is 0 Å². The van der Waals surface area contributed by atoms with Crippen LogP contribution in [0.5, 0.6) is 0 Å². The predicted octanol–water partition coefficient (Wildman–Crippen LogP) is 8.31. The van der Waals surface area contributed by atoms with Crippen molar-refractivity contribution in [1.29, 1.82) is 0 Å². The van der Waals surface area contributed by atoms with Gasteiger partial charge in [-0.3, -0.25) is 0 Å². The van der Waals surface area contributed by atoms with Gasteiger partial charge < -0.3 is 0 Å². The third kappa shape index (κ3) is 4.34. The van der Waals surface area contributed by atoms with Gasteiger partial charge in [0.2, 0.25) is 6.71 Å². The normalized spacial score (nSPS) is 19.0. The zero-order chi connectivity index (χ0) is 23.4. The van der Waals surface area contributed by atoms with Crippen LogP contribution in [0.2, 0.25) is 5.82 Å². The van der Waals surface area contributed by atoms with Crippen LogP contribution in [0.25, 0.3) is 0 Å². The van der Waals surface area contributed by atoms with Crippen LogP contribution in [0.15, 0.2) is 42.8 Å². The first kappa shape index (κ1) is 25.1. The van der Waals surface area contributed by atoms with Crippen molar-refractivity contribution in [2.45, 2.75) is 68.1 Å². The molecule has 1 aliphatic rings. The molecule has 1 aliphatic carbocycles. The number of rotatable bonds is 3. The third-order valence-corrected chi connectivity index (χ3v) is 10.9. The molecular weight excluding hydrogens is 575 g/mol. The van der Waals surface area contributed by atoms with Crippen molar-refractivity contribution in [3.63, 3.8) is 0 Å². The second-order valence-corrected chi connectivity index (χ2v) is 11.9. The third-order valence-electron chi connectivity index (χ3n) is 7.14. The van der Waals surface area contributed by atoms with Gasteiger partial charge in [0.05, 0.1) is 0 Å². The molecule has 4 heteroatoms. The predicted molar refractivity (Wildman–Crippen MR) is 150 cm³/mol. The molecular formula is C27H32BBr3. The number of hydrogen-bond donors (Lipinski definition) is 0. The molecule has 0 fully saturated rings. The van der Waals surface area contributed by atoms with Crippen molar-refractivity contribution in [3.05, 3.63) is 76.2 Å². The van der Waals surface area contributed by atoms with Crippen molar-refractivity contribution in [1.82, 2.24) is 0 Å². The minimum absolute atomic E-state index is 0.278. The van der Waals surface area contributed by atoms with Crippen LogP contribution in [-0.2, 0) is 0 Å². The van der Waals surface area contributed by atoms with E-state index in [0.29, 0.717) is 11.7 Å². The van der Waals surface area contributed by atoms with Gasteiger partial charge in [0.1, 0.15) is 0 Å². The maximum atomic E-state index is 3.94. The molecule has 2 atom stereocenters. The highest BCUT2D eigenvalue weighted by Crippen LogP contribution is 2.44. The fourth-order valence-electron chi connectivity index (χ4n) is 5.78. The van der Waals surface area contributed by atoms with Gasteiger partial charge in [-0.25, -0.2) is 0 Å². The molecule has 0 spiro atoms. The van der Waals surface area contributed by atoms with E-state index in [1.165, 1.54) is 68.9 Å². The molecule has 0 heterocycles. The van der Waals surface area contributed by atoms with Crippen molar-refractivity contribution >= 4 is 65.4 Å². The van der Waals surface area contributed by atoms with E-state index in [4.69, 9.17) is 0 Å². The maximum Gasteiger partial charge on any atom is 0.218 e. The van der Waals surface area contributed by atoms with Crippen molar-refractivity contribution < 1.29 is 0 Å². The van der Waals surface area contributed by atoms with Crippen LogP contribution in [0.3, 0.4) is 0 Å². The molecule has 0 aliphatic heterocycles. The summed E-state index contributed by atoms with van der Waals surface area (Å²) in [6.45, 7) is 20.7. The van der Waals surface area contributed by atoms with E-state index in [1.807, 2.05) is 0 Å². The summed E-state index contributed by atoms with van der Waals surface area (Å²) in [7, 11) is 0. The first-order chi connectivity index (χ1) is 14.4. The maximum absolute atomic E-state index is 3.94. The lowest BCUT2D eigenvalue weighted by Gasteiger charge is -2.38. The van der Waals surface area contributed by atoms with Gasteiger partial charge in [-0.2, -0.15) is 0 Å². The Morgan fingerprint density at radius 3 is 1.52 bits per heavy atom. The van der Waals surface area contributed by atoms with E-state index in [0.717, 1.165) is 0 Å². The molecule has 0 aromatic heterocycles. The topological polar surface area (TPSA) is 0 Å². The van der Waals surface area contributed by atoms with Crippen LogP contribution in [0.1, 0.15) is 54.2 Å². The zero-order valence-electron chi connectivity index (χ0n) is 20.1. The lowest BCUT2D eigenvalue weighted by Crippen LogP contribution is -2.53. The molecule has 2 unspecified atom stereocenters. The summed E-state index contributed by atoms with van der Waals surface area (Å²) >= 11 is 11.7. The zero-order valence-corrected chi connectivity index (χ0v) is 24.9. The monoisotopic (exact) mass is 604 g/mol. The standard InChI is InChI=1S/C27H32BBr3/c1-13-10-16(4)25(29)19(7)22(13)28(23-14(2)11-17(5)26(30)20(23)8)24-15(3)12-18(6)27(31)21(24)9/h10-12,19,22H,1-9H3. The van der Waals surface area contributed by atoms with Crippen molar-refractivity contribution in [3.8, 4) is 0 Å². The molecule has 0 radical (unpaired) electrons. The molecule has 0 bridgehead atoms. The molecule has 2 aromatic carbocycles. The Hall–Kier alpha value is -0.575. The minimum atomic E-state index is 0.278. The van der Waals surface area contributed by atoms with Gasteiger partial charge in [-0.1, -0.05) is 101 Å². The largest absolute Gasteiger partial charge is 0.218 e. The quantitative estimate of drug-likeness (QED) is 0.308. The second-order valence-electron chi connectivity index (χ2n) is 9.44. The molecule has 31 heavy (non-hydrogen) atoms. The van der Waals surface area contributed by atoms with E-state index in [1.54, 1.807) is 0 Å². The van der Waals surface area contributed by atoms with Crippen LogP contribution in [0.4, 0.5) is 0 Å². The van der Waals surface area contributed by atoms with E-state index >= 15 is 0 Å². The Morgan fingerprint density at radius 2 is 1.10 bits per heavy atom. The number of aryl methyl sites for hydroxylation is 4. The highest BCUT2D eigenvalue weighted by atomic mass is 79.9.